The molecule has 5 rings (SSSR count). The Labute approximate surface area is 164 Å². The maximum absolute atomic E-state index is 6.32. The lowest BCUT2D eigenvalue weighted by molar-refractivity contribution is 0.509. The third-order valence-corrected chi connectivity index (χ3v) is 6.74. The van der Waals surface area contributed by atoms with Gasteiger partial charge in [0.1, 0.15) is 10.6 Å². The molecule has 0 radical (unpaired) electrons. The largest absolute Gasteiger partial charge is 0.383 e. The van der Waals surface area contributed by atoms with Crippen molar-refractivity contribution in [1.82, 2.24) is 30.2 Å². The predicted octanol–water partition coefficient (Wildman–Crippen LogP) is 3.53. The van der Waals surface area contributed by atoms with Crippen LogP contribution < -0.4 is 5.73 Å². The van der Waals surface area contributed by atoms with Crippen molar-refractivity contribution in [2.75, 3.05) is 5.73 Å². The van der Waals surface area contributed by atoms with Crippen molar-refractivity contribution < 1.29 is 0 Å². The van der Waals surface area contributed by atoms with Crippen molar-refractivity contribution in [3.8, 4) is 5.69 Å². The highest BCUT2D eigenvalue weighted by Crippen LogP contribution is 2.40. The van der Waals surface area contributed by atoms with Gasteiger partial charge < -0.3 is 5.73 Å². The third kappa shape index (κ3) is 2.96. The van der Waals surface area contributed by atoms with Gasteiger partial charge in [-0.25, -0.2) is 9.97 Å². The molecule has 0 aliphatic heterocycles. The lowest BCUT2D eigenvalue weighted by Gasteiger charge is -2.17. The first-order chi connectivity index (χ1) is 13.2. The lowest BCUT2D eigenvalue weighted by Crippen LogP contribution is -2.09. The summed E-state index contributed by atoms with van der Waals surface area (Å²) < 4.78 is 1.68. The van der Waals surface area contributed by atoms with Crippen LogP contribution in [0.4, 0.5) is 5.82 Å². The van der Waals surface area contributed by atoms with Gasteiger partial charge in [0.25, 0.3) is 0 Å². The van der Waals surface area contributed by atoms with Crippen LogP contribution in [-0.2, 0) is 12.8 Å². The van der Waals surface area contributed by atoms with Gasteiger partial charge in [0.2, 0.25) is 5.16 Å². The lowest BCUT2D eigenvalue weighted by atomic mass is 9.89. The quantitative estimate of drug-likeness (QED) is 0.530. The number of tetrazole rings is 1. The topological polar surface area (TPSA) is 95.4 Å². The smallest absolute Gasteiger partial charge is 0.221 e. The molecule has 1 atom stereocenters. The van der Waals surface area contributed by atoms with E-state index in [4.69, 9.17) is 10.7 Å². The van der Waals surface area contributed by atoms with Crippen LogP contribution in [0.2, 0.25) is 0 Å². The predicted molar refractivity (Wildman–Crippen MR) is 106 cm³/mol. The summed E-state index contributed by atoms with van der Waals surface area (Å²) in [5, 5.41) is 14.2. The number of hydrogen-bond donors (Lipinski definition) is 1. The van der Waals surface area contributed by atoms with Crippen molar-refractivity contribution >= 4 is 39.1 Å². The molecule has 1 aromatic carbocycles. The number of anilines is 1. The molecule has 0 saturated carbocycles. The number of aromatic nitrogens is 6. The first-order valence-corrected chi connectivity index (χ1v) is 10.4. The van der Waals surface area contributed by atoms with E-state index in [0.29, 0.717) is 22.0 Å². The standard InChI is InChI=1S/C18H17N7S2/c1-10-7-8-12-13(9-10)26-16-14(12)15(19)20-17(21-16)27-18-22-23-24-25(18)11-5-3-2-4-6-11/h2-6,10H,7-9H2,1H3,(H2,19,20,21)/t10-/m1/s1. The van der Waals surface area contributed by atoms with E-state index in [0.717, 1.165) is 28.7 Å². The van der Waals surface area contributed by atoms with Gasteiger partial charge in [-0.2, -0.15) is 4.68 Å². The molecular weight excluding hydrogens is 378 g/mol. The highest BCUT2D eigenvalue weighted by Gasteiger charge is 2.23. The monoisotopic (exact) mass is 395 g/mol. The summed E-state index contributed by atoms with van der Waals surface area (Å²) in [5.74, 6) is 1.26. The summed E-state index contributed by atoms with van der Waals surface area (Å²) in [6.07, 6.45) is 3.36. The number of rotatable bonds is 3. The van der Waals surface area contributed by atoms with E-state index >= 15 is 0 Å². The number of benzene rings is 1. The average molecular weight is 396 g/mol. The SMILES string of the molecule is C[C@@H]1CCc2c(sc3nc(Sc4nnnn4-c4ccccc4)nc(N)c23)C1. The third-order valence-electron chi connectivity index (χ3n) is 4.79. The Kier molecular flexibility index (Phi) is 4.05. The summed E-state index contributed by atoms with van der Waals surface area (Å²) in [6, 6.07) is 9.75. The molecule has 3 aromatic heterocycles. The zero-order valence-corrected chi connectivity index (χ0v) is 16.3. The van der Waals surface area contributed by atoms with Gasteiger partial charge in [-0.15, -0.1) is 16.4 Å². The number of thiophene rings is 1. The molecular formula is C18H17N7S2. The van der Waals surface area contributed by atoms with E-state index in [1.54, 1.807) is 16.0 Å². The molecule has 1 aliphatic rings. The van der Waals surface area contributed by atoms with Crippen LogP contribution in [-0.4, -0.2) is 30.2 Å². The minimum Gasteiger partial charge on any atom is -0.383 e. The van der Waals surface area contributed by atoms with Crippen molar-refractivity contribution in [3.05, 3.63) is 40.8 Å². The maximum Gasteiger partial charge on any atom is 0.221 e. The number of aryl methyl sites for hydroxylation is 1. The molecule has 0 fully saturated rings. The van der Waals surface area contributed by atoms with Crippen molar-refractivity contribution in [2.24, 2.45) is 5.92 Å². The van der Waals surface area contributed by atoms with E-state index < -0.39 is 0 Å². The molecule has 0 spiro atoms. The van der Waals surface area contributed by atoms with Crippen molar-refractivity contribution in [3.63, 3.8) is 0 Å². The summed E-state index contributed by atoms with van der Waals surface area (Å²) in [4.78, 5) is 11.7. The Morgan fingerprint density at radius 1 is 1.22 bits per heavy atom. The molecule has 7 nitrogen and oxygen atoms in total. The Morgan fingerprint density at radius 3 is 2.93 bits per heavy atom. The molecule has 136 valence electrons. The molecule has 1 aliphatic carbocycles. The first-order valence-electron chi connectivity index (χ1n) is 8.78. The molecule has 0 bridgehead atoms. The van der Waals surface area contributed by atoms with E-state index in [1.807, 2.05) is 30.3 Å². The van der Waals surface area contributed by atoms with E-state index in [1.165, 1.54) is 28.6 Å². The van der Waals surface area contributed by atoms with Gasteiger partial charge in [0, 0.05) is 4.88 Å². The average Bonchev–Trinajstić information content (AvgIpc) is 3.26. The molecule has 3 heterocycles. The second-order valence-corrected chi connectivity index (χ2v) is 8.75. The molecule has 0 amide bonds. The minimum atomic E-state index is 0.549. The van der Waals surface area contributed by atoms with Crippen LogP contribution >= 0.6 is 23.1 Å². The van der Waals surface area contributed by atoms with Gasteiger partial charge in [-0.05, 0) is 65.1 Å². The Balaban J connectivity index is 1.53. The number of para-hydroxylation sites is 1. The second-order valence-electron chi connectivity index (χ2n) is 6.73. The zero-order chi connectivity index (χ0) is 18.4. The highest BCUT2D eigenvalue weighted by molar-refractivity contribution is 7.99. The zero-order valence-electron chi connectivity index (χ0n) is 14.7. The maximum atomic E-state index is 6.32. The summed E-state index contributed by atoms with van der Waals surface area (Å²) in [6.45, 7) is 2.30. The Morgan fingerprint density at radius 2 is 2.07 bits per heavy atom. The van der Waals surface area contributed by atoms with E-state index in [2.05, 4.69) is 27.4 Å². The summed E-state index contributed by atoms with van der Waals surface area (Å²) >= 11 is 3.06. The fourth-order valence-corrected chi connectivity index (χ4v) is 5.65. The van der Waals surface area contributed by atoms with Crippen LogP contribution in [0.25, 0.3) is 15.9 Å². The number of fused-ring (bicyclic) bond motifs is 3. The molecule has 2 N–H and O–H groups in total. The van der Waals surface area contributed by atoms with Gasteiger partial charge in [-0.3, -0.25) is 0 Å². The van der Waals surface area contributed by atoms with Crippen LogP contribution in [0.3, 0.4) is 0 Å². The van der Waals surface area contributed by atoms with Gasteiger partial charge in [-0.1, -0.05) is 25.1 Å². The number of hydrogen-bond acceptors (Lipinski definition) is 8. The molecule has 9 heteroatoms. The van der Waals surface area contributed by atoms with Crippen LogP contribution in [0, 0.1) is 5.92 Å². The van der Waals surface area contributed by atoms with Crippen LogP contribution in [0.1, 0.15) is 23.8 Å². The van der Waals surface area contributed by atoms with Gasteiger partial charge in [0.15, 0.2) is 5.16 Å². The number of nitrogens with zero attached hydrogens (tertiary/aromatic N) is 6. The fourth-order valence-electron chi connectivity index (χ4n) is 3.45. The Bertz CT molecular complexity index is 1120. The Hall–Kier alpha value is -2.52. The van der Waals surface area contributed by atoms with Crippen molar-refractivity contribution in [1.29, 1.82) is 0 Å². The fraction of sp³-hybridized carbons (Fsp3) is 0.278. The van der Waals surface area contributed by atoms with Gasteiger partial charge in [0.05, 0.1) is 11.1 Å². The number of nitrogen functional groups attached to an aromatic ring is 1. The highest BCUT2D eigenvalue weighted by atomic mass is 32.2. The van der Waals surface area contributed by atoms with E-state index in [-0.39, 0.29) is 0 Å². The second kappa shape index (κ2) is 6.58. The van der Waals surface area contributed by atoms with Crippen molar-refractivity contribution in [2.45, 2.75) is 36.5 Å². The molecule has 0 saturated heterocycles. The first kappa shape index (κ1) is 16.6. The van der Waals surface area contributed by atoms with E-state index in [9.17, 15) is 0 Å². The van der Waals surface area contributed by atoms with Crippen LogP contribution in [0.5, 0.6) is 0 Å². The summed E-state index contributed by atoms with van der Waals surface area (Å²) in [7, 11) is 0. The minimum absolute atomic E-state index is 0.549. The molecule has 4 aromatic rings. The van der Waals surface area contributed by atoms with Crippen LogP contribution in [0.15, 0.2) is 40.6 Å². The summed E-state index contributed by atoms with van der Waals surface area (Å²) in [5.41, 5.74) is 8.55. The van der Waals surface area contributed by atoms with Gasteiger partial charge >= 0.3 is 0 Å². The normalized spacial score (nSPS) is 16.6. The molecule has 27 heavy (non-hydrogen) atoms. The molecule has 0 unspecified atom stereocenters. The number of nitrogens with two attached hydrogens (primary N) is 1.